The lowest BCUT2D eigenvalue weighted by atomic mass is 10.2. The van der Waals surface area contributed by atoms with Gasteiger partial charge in [-0.25, -0.2) is 8.42 Å². The number of sulfonamides is 1. The van der Waals surface area contributed by atoms with Crippen LogP contribution in [-0.4, -0.2) is 26.0 Å². The van der Waals surface area contributed by atoms with E-state index in [1.807, 2.05) is 6.92 Å². The maximum absolute atomic E-state index is 12.3. The molecule has 0 saturated carbocycles. The van der Waals surface area contributed by atoms with E-state index in [4.69, 9.17) is 4.84 Å². The Morgan fingerprint density at radius 2 is 1.82 bits per heavy atom. The molecule has 0 aromatic heterocycles. The number of hydrogen-bond acceptors (Lipinski definition) is 3. The average Bonchev–Trinajstić information content (AvgIpc) is 2.58. The van der Waals surface area contributed by atoms with Gasteiger partial charge in [0.15, 0.2) is 0 Å². The number of nitrogens with zero attached hydrogens (tertiary/aromatic N) is 1. The van der Waals surface area contributed by atoms with Crippen molar-refractivity contribution in [1.82, 2.24) is 4.47 Å². The van der Waals surface area contributed by atoms with Gasteiger partial charge in [-0.05, 0) is 38.3 Å². The van der Waals surface area contributed by atoms with Gasteiger partial charge in [-0.2, -0.15) is 0 Å². The molecule has 1 fully saturated rings. The van der Waals surface area contributed by atoms with Crippen LogP contribution in [0.5, 0.6) is 0 Å². The molecule has 0 amide bonds. The first-order chi connectivity index (χ1) is 8.10. The first-order valence-electron chi connectivity index (χ1n) is 5.83. The van der Waals surface area contributed by atoms with Crippen LogP contribution in [0, 0.1) is 6.92 Å². The summed E-state index contributed by atoms with van der Waals surface area (Å²) in [6.45, 7) is 2.85. The summed E-state index contributed by atoms with van der Waals surface area (Å²) in [5, 5.41) is 0. The Balaban J connectivity index is 2.25. The summed E-state index contributed by atoms with van der Waals surface area (Å²) >= 11 is 0. The Morgan fingerprint density at radius 3 is 2.53 bits per heavy atom. The predicted molar refractivity (Wildman–Crippen MR) is 64.9 cm³/mol. The highest BCUT2D eigenvalue weighted by Gasteiger charge is 2.26. The summed E-state index contributed by atoms with van der Waals surface area (Å²) in [5.74, 6) is 0. The fourth-order valence-electron chi connectivity index (χ4n) is 1.77. The molecule has 94 valence electrons. The smallest absolute Gasteiger partial charge is 0.265 e. The van der Waals surface area contributed by atoms with Crippen molar-refractivity contribution in [3.05, 3.63) is 29.8 Å². The van der Waals surface area contributed by atoms with E-state index in [1.54, 1.807) is 24.3 Å². The summed E-state index contributed by atoms with van der Waals surface area (Å²) < 4.78 is 25.6. The van der Waals surface area contributed by atoms with Gasteiger partial charge in [-0.1, -0.05) is 22.2 Å². The van der Waals surface area contributed by atoms with E-state index in [2.05, 4.69) is 0 Å². The molecule has 0 spiro atoms. The first kappa shape index (κ1) is 12.5. The third-order valence-electron chi connectivity index (χ3n) is 2.81. The maximum Gasteiger partial charge on any atom is 0.265 e. The lowest BCUT2D eigenvalue weighted by Gasteiger charge is -2.19. The summed E-state index contributed by atoms with van der Waals surface area (Å²) in [5.41, 5.74) is 1.04. The second-order valence-corrected chi connectivity index (χ2v) is 6.07. The van der Waals surface area contributed by atoms with E-state index in [1.165, 1.54) is 0 Å². The third-order valence-corrected chi connectivity index (χ3v) is 4.50. The van der Waals surface area contributed by atoms with Gasteiger partial charge in [0, 0.05) is 6.54 Å². The van der Waals surface area contributed by atoms with Crippen molar-refractivity contribution in [3.8, 4) is 0 Å². The fourth-order valence-corrected chi connectivity index (χ4v) is 3.07. The van der Waals surface area contributed by atoms with Crippen LogP contribution in [0.15, 0.2) is 29.2 Å². The highest BCUT2D eigenvalue weighted by atomic mass is 32.2. The average molecular weight is 255 g/mol. The molecule has 0 atom stereocenters. The van der Waals surface area contributed by atoms with Crippen LogP contribution in [-0.2, 0) is 14.9 Å². The summed E-state index contributed by atoms with van der Waals surface area (Å²) in [4.78, 5) is 5.59. The van der Waals surface area contributed by atoms with Crippen LogP contribution in [0.2, 0.25) is 0 Å². The molecule has 2 rings (SSSR count). The lowest BCUT2D eigenvalue weighted by molar-refractivity contribution is -0.0748. The van der Waals surface area contributed by atoms with Crippen molar-refractivity contribution in [2.24, 2.45) is 0 Å². The number of rotatable bonds is 2. The van der Waals surface area contributed by atoms with E-state index in [0.29, 0.717) is 18.0 Å². The van der Waals surface area contributed by atoms with Gasteiger partial charge < -0.3 is 0 Å². The molecule has 1 saturated heterocycles. The van der Waals surface area contributed by atoms with Gasteiger partial charge in [0.05, 0.1) is 11.5 Å². The molecule has 0 radical (unpaired) electrons. The van der Waals surface area contributed by atoms with Crippen molar-refractivity contribution < 1.29 is 13.3 Å². The molecular weight excluding hydrogens is 238 g/mol. The van der Waals surface area contributed by atoms with Crippen molar-refractivity contribution in [2.75, 3.05) is 13.2 Å². The molecule has 4 nitrogen and oxygen atoms in total. The Kier molecular flexibility index (Phi) is 3.81. The molecule has 1 aromatic carbocycles. The van der Waals surface area contributed by atoms with Crippen molar-refractivity contribution in [1.29, 1.82) is 0 Å². The number of hydrogen-bond donors (Lipinski definition) is 0. The van der Waals surface area contributed by atoms with Gasteiger partial charge in [0.1, 0.15) is 0 Å². The fraction of sp³-hybridized carbons (Fsp3) is 0.500. The van der Waals surface area contributed by atoms with Gasteiger partial charge in [0.25, 0.3) is 10.0 Å². The standard InChI is InChI=1S/C12H17NO3S/c1-11-5-7-12(8-6-11)17(14,15)13-9-3-2-4-10-16-13/h5-8H,2-4,9-10H2,1H3. The van der Waals surface area contributed by atoms with Crippen LogP contribution in [0.25, 0.3) is 0 Å². The molecule has 1 aliphatic rings. The highest BCUT2D eigenvalue weighted by Crippen LogP contribution is 2.19. The Labute approximate surface area is 102 Å². The number of hydroxylamine groups is 1. The molecule has 1 heterocycles. The normalized spacial score (nSPS) is 18.9. The Hall–Kier alpha value is -0.910. The molecule has 5 heteroatoms. The van der Waals surface area contributed by atoms with Crippen LogP contribution < -0.4 is 0 Å². The van der Waals surface area contributed by atoms with Crippen LogP contribution in [0.4, 0.5) is 0 Å². The zero-order valence-corrected chi connectivity index (χ0v) is 10.7. The van der Waals surface area contributed by atoms with E-state index in [-0.39, 0.29) is 0 Å². The van der Waals surface area contributed by atoms with Crippen molar-refractivity contribution in [2.45, 2.75) is 31.1 Å². The Bertz CT molecular complexity index is 459. The maximum atomic E-state index is 12.3. The van der Waals surface area contributed by atoms with E-state index < -0.39 is 10.0 Å². The summed E-state index contributed by atoms with van der Waals surface area (Å²) in [6, 6.07) is 6.84. The van der Waals surface area contributed by atoms with E-state index in [0.717, 1.165) is 29.3 Å². The van der Waals surface area contributed by atoms with Crippen LogP contribution in [0.1, 0.15) is 24.8 Å². The van der Waals surface area contributed by atoms with Gasteiger partial charge in [-0.3, -0.25) is 4.84 Å². The summed E-state index contributed by atoms with van der Waals surface area (Å²) in [6.07, 6.45) is 2.78. The molecule has 0 bridgehead atoms. The van der Waals surface area contributed by atoms with Gasteiger partial charge in [-0.15, -0.1) is 0 Å². The monoisotopic (exact) mass is 255 g/mol. The molecule has 0 aliphatic carbocycles. The van der Waals surface area contributed by atoms with Crippen molar-refractivity contribution in [3.63, 3.8) is 0 Å². The number of benzene rings is 1. The summed E-state index contributed by atoms with van der Waals surface area (Å²) in [7, 11) is -3.49. The van der Waals surface area contributed by atoms with E-state index >= 15 is 0 Å². The molecule has 17 heavy (non-hydrogen) atoms. The third kappa shape index (κ3) is 2.86. The molecule has 1 aromatic rings. The zero-order valence-electron chi connectivity index (χ0n) is 9.93. The first-order valence-corrected chi connectivity index (χ1v) is 7.27. The molecule has 0 unspecified atom stereocenters. The minimum Gasteiger partial charge on any atom is -0.284 e. The number of aryl methyl sites for hydroxylation is 1. The largest absolute Gasteiger partial charge is 0.284 e. The minimum absolute atomic E-state index is 0.296. The van der Waals surface area contributed by atoms with Gasteiger partial charge in [0.2, 0.25) is 0 Å². The highest BCUT2D eigenvalue weighted by molar-refractivity contribution is 7.89. The van der Waals surface area contributed by atoms with Crippen LogP contribution in [0.3, 0.4) is 0 Å². The Morgan fingerprint density at radius 1 is 1.12 bits per heavy atom. The lowest BCUT2D eigenvalue weighted by Crippen LogP contribution is -2.31. The zero-order chi connectivity index (χ0) is 12.3. The SMILES string of the molecule is Cc1ccc(S(=O)(=O)N2CCCCCO2)cc1. The topological polar surface area (TPSA) is 46.6 Å². The second-order valence-electron chi connectivity index (χ2n) is 4.24. The van der Waals surface area contributed by atoms with Crippen molar-refractivity contribution >= 4 is 10.0 Å². The van der Waals surface area contributed by atoms with Crippen LogP contribution >= 0.6 is 0 Å². The second kappa shape index (κ2) is 5.16. The molecule has 1 aliphatic heterocycles. The van der Waals surface area contributed by atoms with Gasteiger partial charge >= 0.3 is 0 Å². The quantitative estimate of drug-likeness (QED) is 0.813. The molecule has 0 N–H and O–H groups in total. The predicted octanol–water partition coefficient (Wildman–Crippen LogP) is 2.10. The van der Waals surface area contributed by atoms with E-state index in [9.17, 15) is 8.42 Å². The minimum atomic E-state index is -3.49. The molecular formula is C12H17NO3S.